The maximum atomic E-state index is 12.8. The molecule has 0 aliphatic heterocycles. The van der Waals surface area contributed by atoms with Gasteiger partial charge in [0.15, 0.2) is 6.10 Å². The van der Waals surface area contributed by atoms with Crippen LogP contribution in [0.2, 0.25) is 0 Å². The molecule has 0 aliphatic rings. The van der Waals surface area contributed by atoms with Gasteiger partial charge in [-0.15, -0.1) is 0 Å². The molecule has 0 aromatic heterocycles. The van der Waals surface area contributed by atoms with Crippen molar-refractivity contribution < 1.29 is 28.6 Å². The summed E-state index contributed by atoms with van der Waals surface area (Å²) in [7, 11) is 0. The van der Waals surface area contributed by atoms with Gasteiger partial charge in [0.05, 0.1) is 0 Å². The van der Waals surface area contributed by atoms with E-state index in [0.29, 0.717) is 19.3 Å². The van der Waals surface area contributed by atoms with Gasteiger partial charge in [-0.1, -0.05) is 203 Å². The van der Waals surface area contributed by atoms with E-state index in [4.69, 9.17) is 14.2 Å². The molecule has 0 spiro atoms. The highest BCUT2D eigenvalue weighted by atomic mass is 16.6. The Bertz CT molecular complexity index is 1210. The third kappa shape index (κ3) is 49.9. The molecule has 0 amide bonds. The van der Waals surface area contributed by atoms with E-state index in [0.717, 1.165) is 103 Å². The predicted molar refractivity (Wildman–Crippen MR) is 274 cm³/mol. The molecular formula is C58H100O6. The van der Waals surface area contributed by atoms with Gasteiger partial charge in [0.25, 0.3) is 0 Å². The molecule has 64 heavy (non-hydrogen) atoms. The van der Waals surface area contributed by atoms with Crippen LogP contribution in [0.3, 0.4) is 0 Å². The number of carbonyl (C=O) groups is 3. The Labute approximate surface area is 395 Å². The van der Waals surface area contributed by atoms with Gasteiger partial charge in [-0.2, -0.15) is 0 Å². The molecule has 6 heteroatoms. The van der Waals surface area contributed by atoms with E-state index in [1.165, 1.54) is 116 Å². The average Bonchev–Trinajstić information content (AvgIpc) is 3.29. The van der Waals surface area contributed by atoms with Crippen LogP contribution in [-0.2, 0) is 28.6 Å². The van der Waals surface area contributed by atoms with Gasteiger partial charge in [-0.25, -0.2) is 0 Å². The van der Waals surface area contributed by atoms with Crippen LogP contribution in [0.4, 0.5) is 0 Å². The van der Waals surface area contributed by atoms with Gasteiger partial charge < -0.3 is 14.2 Å². The highest BCUT2D eigenvalue weighted by molar-refractivity contribution is 5.71. The average molecular weight is 893 g/mol. The fourth-order valence-corrected chi connectivity index (χ4v) is 7.36. The van der Waals surface area contributed by atoms with Crippen LogP contribution < -0.4 is 0 Å². The smallest absolute Gasteiger partial charge is 0.306 e. The Morgan fingerprint density at radius 2 is 0.609 bits per heavy atom. The van der Waals surface area contributed by atoms with Gasteiger partial charge in [0, 0.05) is 19.3 Å². The summed E-state index contributed by atoms with van der Waals surface area (Å²) in [5, 5.41) is 0. The molecule has 368 valence electrons. The normalized spacial score (nSPS) is 12.6. The molecule has 0 saturated carbocycles. The van der Waals surface area contributed by atoms with Crippen molar-refractivity contribution in [2.24, 2.45) is 0 Å². The minimum absolute atomic E-state index is 0.0885. The van der Waals surface area contributed by atoms with Crippen LogP contribution in [0.25, 0.3) is 0 Å². The monoisotopic (exact) mass is 893 g/mol. The minimum Gasteiger partial charge on any atom is -0.462 e. The molecule has 0 radical (unpaired) electrons. The molecule has 0 aromatic carbocycles. The van der Waals surface area contributed by atoms with Gasteiger partial charge >= 0.3 is 17.9 Å². The molecule has 0 saturated heterocycles. The molecule has 0 N–H and O–H groups in total. The second kappa shape index (κ2) is 52.5. The Kier molecular flexibility index (Phi) is 49.9. The van der Waals surface area contributed by atoms with E-state index >= 15 is 0 Å². The first-order valence-electron chi connectivity index (χ1n) is 26.9. The van der Waals surface area contributed by atoms with Crippen LogP contribution >= 0.6 is 0 Å². The van der Waals surface area contributed by atoms with Crippen LogP contribution in [0.15, 0.2) is 72.9 Å². The fraction of sp³-hybridized carbons (Fsp3) is 0.741. The van der Waals surface area contributed by atoms with E-state index < -0.39 is 6.10 Å². The zero-order chi connectivity index (χ0) is 46.5. The molecular weight excluding hydrogens is 793 g/mol. The van der Waals surface area contributed by atoms with Crippen molar-refractivity contribution >= 4 is 17.9 Å². The highest BCUT2D eigenvalue weighted by Gasteiger charge is 2.19. The lowest BCUT2D eigenvalue weighted by Crippen LogP contribution is -2.30. The van der Waals surface area contributed by atoms with Crippen molar-refractivity contribution in [3.8, 4) is 0 Å². The van der Waals surface area contributed by atoms with Crippen molar-refractivity contribution in [2.75, 3.05) is 13.2 Å². The topological polar surface area (TPSA) is 78.9 Å². The summed E-state index contributed by atoms with van der Waals surface area (Å²) in [6.07, 6.45) is 65.9. The third-order valence-electron chi connectivity index (χ3n) is 11.4. The van der Waals surface area contributed by atoms with Crippen LogP contribution in [-0.4, -0.2) is 37.2 Å². The quantitative estimate of drug-likeness (QED) is 0.0262. The SMILES string of the molecule is CC/C=C\C/C=C\C/C=C\CCCCCCC(=O)OCC(COC(=O)CCCCCCCCC/C=C\C/C=C\CCCCC)OC(=O)CCCCCCCCC/C=C\CCCCCC. The number of ether oxygens (including phenoxy) is 3. The van der Waals surface area contributed by atoms with E-state index in [1.807, 2.05) is 0 Å². The first-order valence-corrected chi connectivity index (χ1v) is 26.9. The Balaban J connectivity index is 4.42. The number of rotatable bonds is 48. The van der Waals surface area contributed by atoms with Crippen molar-refractivity contribution in [1.82, 2.24) is 0 Å². The number of hydrogen-bond acceptors (Lipinski definition) is 6. The largest absolute Gasteiger partial charge is 0.462 e. The molecule has 1 unspecified atom stereocenters. The zero-order valence-electron chi connectivity index (χ0n) is 42.0. The minimum atomic E-state index is -0.790. The Morgan fingerprint density at radius 1 is 0.328 bits per heavy atom. The molecule has 0 fully saturated rings. The fourth-order valence-electron chi connectivity index (χ4n) is 7.36. The summed E-state index contributed by atoms with van der Waals surface area (Å²) in [6.45, 7) is 6.47. The molecule has 0 heterocycles. The van der Waals surface area contributed by atoms with Crippen molar-refractivity contribution in [1.29, 1.82) is 0 Å². The van der Waals surface area contributed by atoms with Crippen molar-refractivity contribution in [3.63, 3.8) is 0 Å². The van der Waals surface area contributed by atoms with Gasteiger partial charge in [0.1, 0.15) is 13.2 Å². The van der Waals surface area contributed by atoms with Crippen molar-refractivity contribution in [3.05, 3.63) is 72.9 Å². The van der Waals surface area contributed by atoms with Crippen LogP contribution in [0.5, 0.6) is 0 Å². The third-order valence-corrected chi connectivity index (χ3v) is 11.4. The van der Waals surface area contributed by atoms with Gasteiger partial charge in [-0.05, 0) is 109 Å². The summed E-state index contributed by atoms with van der Waals surface area (Å²) in [5.74, 6) is -0.919. The van der Waals surface area contributed by atoms with E-state index in [2.05, 4.69) is 93.7 Å². The molecule has 0 rings (SSSR count). The van der Waals surface area contributed by atoms with E-state index in [-0.39, 0.29) is 31.1 Å². The maximum Gasteiger partial charge on any atom is 0.306 e. The maximum absolute atomic E-state index is 12.8. The number of allylic oxidation sites excluding steroid dienone is 12. The van der Waals surface area contributed by atoms with E-state index in [9.17, 15) is 14.4 Å². The lowest BCUT2D eigenvalue weighted by Gasteiger charge is -2.18. The van der Waals surface area contributed by atoms with Gasteiger partial charge in [-0.3, -0.25) is 14.4 Å². The standard InChI is InChI=1S/C58H100O6/c1-4-7-10-13-16-19-22-25-28-29-31-33-36-39-42-45-48-51-57(60)63-54-55(53-62-56(59)50-47-44-41-38-35-32-27-24-21-18-15-12-9-6-3)64-58(61)52-49-46-43-40-37-34-30-26-23-20-17-14-11-8-5-2/h9,12,16,18-21,23,25,27-28,32,55H,4-8,10-11,13-15,17,22,24,26,29-31,33-54H2,1-3H3/b12-9-,19-16-,21-18-,23-20-,28-25-,32-27-. The number of hydrogen-bond donors (Lipinski definition) is 0. The first-order chi connectivity index (χ1) is 31.5. The summed E-state index contributed by atoms with van der Waals surface area (Å²) >= 11 is 0. The molecule has 0 bridgehead atoms. The molecule has 0 aliphatic carbocycles. The molecule has 6 nitrogen and oxygen atoms in total. The van der Waals surface area contributed by atoms with E-state index in [1.54, 1.807) is 0 Å². The highest BCUT2D eigenvalue weighted by Crippen LogP contribution is 2.14. The summed E-state index contributed by atoms with van der Waals surface area (Å²) in [6, 6.07) is 0. The number of esters is 3. The second-order valence-electron chi connectivity index (χ2n) is 17.7. The summed E-state index contributed by atoms with van der Waals surface area (Å²) < 4.78 is 16.8. The summed E-state index contributed by atoms with van der Waals surface area (Å²) in [4.78, 5) is 38.0. The summed E-state index contributed by atoms with van der Waals surface area (Å²) in [5.41, 5.74) is 0. The lowest BCUT2D eigenvalue weighted by atomic mass is 10.1. The molecule has 0 aromatic rings. The Hall–Kier alpha value is -3.15. The second-order valence-corrected chi connectivity index (χ2v) is 17.7. The number of carbonyl (C=O) groups excluding carboxylic acids is 3. The Morgan fingerprint density at radius 3 is 1.00 bits per heavy atom. The molecule has 1 atom stereocenters. The number of unbranched alkanes of at least 4 members (excludes halogenated alkanes) is 25. The van der Waals surface area contributed by atoms with Gasteiger partial charge in [0.2, 0.25) is 0 Å². The predicted octanol–water partition coefficient (Wildman–Crippen LogP) is 17.8. The van der Waals surface area contributed by atoms with Crippen molar-refractivity contribution in [2.45, 2.75) is 264 Å². The zero-order valence-corrected chi connectivity index (χ0v) is 42.0. The lowest BCUT2D eigenvalue weighted by molar-refractivity contribution is -0.167. The van der Waals surface area contributed by atoms with Crippen LogP contribution in [0, 0.1) is 0 Å². The van der Waals surface area contributed by atoms with Crippen LogP contribution in [0.1, 0.15) is 258 Å². The first kappa shape index (κ1) is 60.9.